The van der Waals surface area contributed by atoms with Crippen LogP contribution >= 0.6 is 0 Å². The average Bonchev–Trinajstić information content (AvgIpc) is 3.17. The number of fused-ring (bicyclic) bond motifs is 1. The molecule has 0 saturated carbocycles. The number of halogens is 3. The van der Waals surface area contributed by atoms with Crippen LogP contribution in [0.4, 0.5) is 13.2 Å². The van der Waals surface area contributed by atoms with E-state index in [9.17, 15) is 18.0 Å². The van der Waals surface area contributed by atoms with Gasteiger partial charge in [-0.05, 0) is 42.0 Å². The zero-order chi connectivity index (χ0) is 22.0. The van der Waals surface area contributed by atoms with Crippen molar-refractivity contribution in [2.45, 2.75) is 18.4 Å². The van der Waals surface area contributed by atoms with Crippen molar-refractivity contribution >= 4 is 5.91 Å². The van der Waals surface area contributed by atoms with Gasteiger partial charge in [0.05, 0.1) is 23.0 Å². The van der Waals surface area contributed by atoms with Gasteiger partial charge in [-0.3, -0.25) is 9.78 Å². The lowest BCUT2D eigenvalue weighted by molar-refractivity contribution is -0.163. The molecule has 0 fully saturated rings. The van der Waals surface area contributed by atoms with Crippen molar-refractivity contribution < 1.29 is 18.0 Å². The molecule has 2 aliphatic rings. The van der Waals surface area contributed by atoms with E-state index in [4.69, 9.17) is 5.26 Å². The number of nitriles is 1. The highest BCUT2D eigenvalue weighted by Crippen LogP contribution is 2.36. The SMILES string of the molecule is N#Cc1cccc(C2NC(C(=O)NC(c3ccccn3)C(F)(F)F)=C3C=CC=CN32)c1. The van der Waals surface area contributed by atoms with Crippen LogP contribution in [0.1, 0.15) is 29.0 Å². The first-order chi connectivity index (χ1) is 14.9. The Hall–Kier alpha value is -4.06. The number of hydrogen-bond donors (Lipinski definition) is 2. The van der Waals surface area contributed by atoms with Gasteiger partial charge in [-0.25, -0.2) is 0 Å². The largest absolute Gasteiger partial charge is 0.414 e. The fraction of sp³-hybridized carbons (Fsp3) is 0.136. The van der Waals surface area contributed by atoms with Gasteiger partial charge in [-0.15, -0.1) is 0 Å². The predicted molar refractivity (Wildman–Crippen MR) is 105 cm³/mol. The van der Waals surface area contributed by atoms with Gasteiger partial charge in [0.1, 0.15) is 11.9 Å². The van der Waals surface area contributed by atoms with E-state index in [1.807, 2.05) is 0 Å². The normalized spacial score (nSPS) is 18.3. The van der Waals surface area contributed by atoms with Crippen molar-refractivity contribution in [2.24, 2.45) is 0 Å². The van der Waals surface area contributed by atoms with Gasteiger partial charge in [0, 0.05) is 12.4 Å². The van der Waals surface area contributed by atoms with E-state index in [1.165, 1.54) is 24.4 Å². The lowest BCUT2D eigenvalue weighted by atomic mass is 10.1. The lowest BCUT2D eigenvalue weighted by Gasteiger charge is -2.26. The van der Waals surface area contributed by atoms with Gasteiger partial charge < -0.3 is 15.5 Å². The summed E-state index contributed by atoms with van der Waals surface area (Å²) in [6.45, 7) is 0. The third-order valence-electron chi connectivity index (χ3n) is 4.85. The smallest absolute Gasteiger partial charge is 0.355 e. The Morgan fingerprint density at radius 2 is 2.06 bits per heavy atom. The summed E-state index contributed by atoms with van der Waals surface area (Å²) < 4.78 is 41.0. The Morgan fingerprint density at radius 1 is 1.23 bits per heavy atom. The highest BCUT2D eigenvalue weighted by molar-refractivity contribution is 5.95. The minimum atomic E-state index is -4.73. The van der Waals surface area contributed by atoms with E-state index in [0.717, 1.165) is 0 Å². The molecule has 31 heavy (non-hydrogen) atoms. The zero-order valence-electron chi connectivity index (χ0n) is 16.0. The van der Waals surface area contributed by atoms with Crippen LogP contribution in [-0.2, 0) is 4.79 Å². The fourth-order valence-corrected chi connectivity index (χ4v) is 3.45. The monoisotopic (exact) mass is 423 g/mol. The third-order valence-corrected chi connectivity index (χ3v) is 4.85. The first kappa shape index (κ1) is 20.2. The van der Waals surface area contributed by atoms with Crippen LogP contribution in [0, 0.1) is 11.3 Å². The second-order valence-electron chi connectivity index (χ2n) is 6.85. The van der Waals surface area contributed by atoms with Crippen LogP contribution in [0.2, 0.25) is 0 Å². The quantitative estimate of drug-likeness (QED) is 0.786. The number of alkyl halides is 3. The molecule has 3 heterocycles. The summed E-state index contributed by atoms with van der Waals surface area (Å²) in [7, 11) is 0. The number of pyridine rings is 1. The van der Waals surface area contributed by atoms with Gasteiger partial charge >= 0.3 is 6.18 Å². The van der Waals surface area contributed by atoms with Gasteiger partial charge in [-0.1, -0.05) is 24.3 Å². The van der Waals surface area contributed by atoms with Crippen LogP contribution in [-0.4, -0.2) is 22.0 Å². The van der Waals surface area contributed by atoms with Crippen molar-refractivity contribution in [3.63, 3.8) is 0 Å². The maximum absolute atomic E-state index is 13.7. The summed E-state index contributed by atoms with van der Waals surface area (Å²) in [5.74, 6) is -0.910. The highest BCUT2D eigenvalue weighted by Gasteiger charge is 2.44. The summed E-state index contributed by atoms with van der Waals surface area (Å²) >= 11 is 0. The molecule has 2 atom stereocenters. The molecule has 2 N–H and O–H groups in total. The number of amides is 1. The molecule has 9 heteroatoms. The van der Waals surface area contributed by atoms with Crippen LogP contribution in [0.3, 0.4) is 0 Å². The standard InChI is InChI=1S/C22H16F3N5O/c23-22(24,25)19(16-8-1-3-10-27-16)29-21(31)18-17-9-2-4-11-30(17)20(28-18)15-7-5-6-14(12-15)13-26/h1-12,19-20,28H,(H,29,31). The first-order valence-electron chi connectivity index (χ1n) is 9.31. The molecule has 6 nitrogen and oxygen atoms in total. The third kappa shape index (κ3) is 4.00. The van der Waals surface area contributed by atoms with E-state index < -0.39 is 24.3 Å². The molecule has 1 aromatic carbocycles. The highest BCUT2D eigenvalue weighted by atomic mass is 19.4. The zero-order valence-corrected chi connectivity index (χ0v) is 16.0. The van der Waals surface area contributed by atoms with Crippen molar-refractivity contribution in [1.82, 2.24) is 20.5 Å². The molecule has 156 valence electrons. The number of rotatable bonds is 4. The number of carbonyl (C=O) groups excluding carboxylic acids is 1. The number of aromatic nitrogens is 1. The van der Waals surface area contributed by atoms with Gasteiger partial charge in [0.15, 0.2) is 6.04 Å². The predicted octanol–water partition coefficient (Wildman–Crippen LogP) is 3.57. The maximum Gasteiger partial charge on any atom is 0.414 e. The Bertz CT molecular complexity index is 1130. The number of hydrogen-bond acceptors (Lipinski definition) is 5. The van der Waals surface area contributed by atoms with Gasteiger partial charge in [-0.2, -0.15) is 18.4 Å². The Balaban J connectivity index is 1.65. The number of carbonyl (C=O) groups is 1. The molecule has 0 spiro atoms. The molecule has 0 aliphatic carbocycles. The second-order valence-corrected chi connectivity index (χ2v) is 6.85. The van der Waals surface area contributed by atoms with E-state index in [-0.39, 0.29) is 11.4 Å². The summed E-state index contributed by atoms with van der Waals surface area (Å²) in [5, 5.41) is 14.2. The summed E-state index contributed by atoms with van der Waals surface area (Å²) in [6, 6.07) is 10.7. The molecule has 1 amide bonds. The molecule has 0 bridgehead atoms. The van der Waals surface area contributed by atoms with Crippen molar-refractivity contribution in [3.05, 3.63) is 101 Å². The lowest BCUT2D eigenvalue weighted by Crippen LogP contribution is -2.41. The maximum atomic E-state index is 13.7. The van der Waals surface area contributed by atoms with Crippen molar-refractivity contribution in [2.75, 3.05) is 0 Å². The number of benzene rings is 1. The molecular formula is C22H16F3N5O. The van der Waals surface area contributed by atoms with E-state index in [2.05, 4.69) is 21.7 Å². The van der Waals surface area contributed by atoms with Crippen LogP contribution in [0.5, 0.6) is 0 Å². The van der Waals surface area contributed by atoms with E-state index >= 15 is 0 Å². The number of nitrogens with zero attached hydrogens (tertiary/aromatic N) is 3. The van der Waals surface area contributed by atoms with Gasteiger partial charge in [0.2, 0.25) is 0 Å². The van der Waals surface area contributed by atoms with Crippen LogP contribution in [0.25, 0.3) is 0 Å². The first-order valence-corrected chi connectivity index (χ1v) is 9.31. The number of allylic oxidation sites excluding steroid dienone is 3. The Kier molecular flexibility index (Phi) is 5.21. The van der Waals surface area contributed by atoms with Crippen molar-refractivity contribution in [3.8, 4) is 6.07 Å². The minimum absolute atomic E-state index is 0.00172. The van der Waals surface area contributed by atoms with Crippen molar-refractivity contribution in [1.29, 1.82) is 5.26 Å². The molecule has 0 radical (unpaired) electrons. The molecule has 2 aliphatic heterocycles. The topological polar surface area (TPSA) is 81.0 Å². The average molecular weight is 423 g/mol. The molecule has 1 aromatic heterocycles. The number of nitrogens with one attached hydrogen (secondary N) is 2. The van der Waals surface area contributed by atoms with Gasteiger partial charge in [0.25, 0.3) is 5.91 Å². The Morgan fingerprint density at radius 3 is 2.77 bits per heavy atom. The fourth-order valence-electron chi connectivity index (χ4n) is 3.45. The summed E-state index contributed by atoms with van der Waals surface area (Å²) in [5.41, 5.74) is 1.24. The van der Waals surface area contributed by atoms with E-state index in [1.54, 1.807) is 53.6 Å². The summed E-state index contributed by atoms with van der Waals surface area (Å²) in [6.07, 6.45) is 2.76. The van der Waals surface area contributed by atoms with Crippen LogP contribution < -0.4 is 10.6 Å². The second kappa shape index (κ2) is 7.99. The molecular weight excluding hydrogens is 407 g/mol. The molecule has 2 aromatic rings. The summed E-state index contributed by atoms with van der Waals surface area (Å²) in [4.78, 5) is 18.4. The van der Waals surface area contributed by atoms with E-state index in [0.29, 0.717) is 16.8 Å². The Labute approximate surface area is 176 Å². The molecule has 4 rings (SSSR count). The molecule has 0 saturated heterocycles. The van der Waals surface area contributed by atoms with Crippen LogP contribution in [0.15, 0.2) is 84.5 Å². The minimum Gasteiger partial charge on any atom is -0.355 e. The molecule has 2 unspecified atom stereocenters.